The standard InChI is InChI=1S/C8H12N2O3/c11-7(12)8-3-1-2-6(8)4-10(5-8)9-13/h6H,1-5H2,(H,11,12). The van der Waals surface area contributed by atoms with Gasteiger partial charge >= 0.3 is 5.97 Å². The summed E-state index contributed by atoms with van der Waals surface area (Å²) in [4.78, 5) is 21.4. The maximum absolute atomic E-state index is 11.1. The van der Waals surface area contributed by atoms with Gasteiger partial charge in [-0.15, -0.1) is 4.91 Å². The molecule has 13 heavy (non-hydrogen) atoms. The van der Waals surface area contributed by atoms with Gasteiger partial charge in [0.15, 0.2) is 0 Å². The second-order valence-corrected chi connectivity index (χ2v) is 3.98. The van der Waals surface area contributed by atoms with Crippen molar-refractivity contribution in [3.05, 3.63) is 4.91 Å². The Labute approximate surface area is 75.7 Å². The quantitative estimate of drug-likeness (QED) is 0.646. The minimum absolute atomic E-state index is 0.127. The van der Waals surface area contributed by atoms with E-state index in [0.717, 1.165) is 12.8 Å². The molecule has 0 spiro atoms. The van der Waals surface area contributed by atoms with Gasteiger partial charge < -0.3 is 5.11 Å². The molecule has 0 aromatic carbocycles. The van der Waals surface area contributed by atoms with Gasteiger partial charge in [-0.2, -0.15) is 0 Å². The molecular formula is C8H12N2O3. The van der Waals surface area contributed by atoms with Crippen LogP contribution in [0, 0.1) is 16.2 Å². The van der Waals surface area contributed by atoms with Crippen LogP contribution in [-0.4, -0.2) is 29.2 Å². The van der Waals surface area contributed by atoms with Crippen molar-refractivity contribution in [2.45, 2.75) is 19.3 Å². The lowest BCUT2D eigenvalue weighted by molar-refractivity contribution is -0.149. The van der Waals surface area contributed by atoms with E-state index in [0.29, 0.717) is 19.5 Å². The van der Waals surface area contributed by atoms with Crippen LogP contribution in [0.25, 0.3) is 0 Å². The van der Waals surface area contributed by atoms with Crippen LogP contribution in [0.5, 0.6) is 0 Å². The molecule has 1 saturated heterocycles. The number of rotatable bonds is 2. The van der Waals surface area contributed by atoms with Crippen molar-refractivity contribution in [3.63, 3.8) is 0 Å². The highest BCUT2D eigenvalue weighted by atomic mass is 16.4. The molecule has 2 atom stereocenters. The molecule has 2 fully saturated rings. The van der Waals surface area contributed by atoms with Crippen LogP contribution in [0.15, 0.2) is 5.29 Å². The fraction of sp³-hybridized carbons (Fsp3) is 0.875. The van der Waals surface area contributed by atoms with Crippen LogP contribution >= 0.6 is 0 Å². The Morgan fingerprint density at radius 2 is 2.38 bits per heavy atom. The van der Waals surface area contributed by atoms with Gasteiger partial charge in [-0.25, -0.2) is 0 Å². The minimum atomic E-state index is -0.763. The molecule has 2 unspecified atom stereocenters. The van der Waals surface area contributed by atoms with Gasteiger partial charge in [-0.1, -0.05) is 6.42 Å². The smallest absolute Gasteiger partial charge is 0.311 e. The van der Waals surface area contributed by atoms with Gasteiger partial charge in [0.25, 0.3) is 0 Å². The SMILES string of the molecule is O=NN1CC2CCCC2(C(=O)O)C1. The third-order valence-corrected chi connectivity index (χ3v) is 3.39. The van der Waals surface area contributed by atoms with Crippen molar-refractivity contribution in [1.29, 1.82) is 0 Å². The molecule has 72 valence electrons. The summed E-state index contributed by atoms with van der Waals surface area (Å²) in [5, 5.41) is 13.3. The maximum atomic E-state index is 11.1. The zero-order valence-electron chi connectivity index (χ0n) is 7.27. The van der Waals surface area contributed by atoms with E-state index in [2.05, 4.69) is 5.29 Å². The van der Waals surface area contributed by atoms with Crippen LogP contribution in [-0.2, 0) is 4.79 Å². The molecule has 5 nitrogen and oxygen atoms in total. The summed E-state index contributed by atoms with van der Waals surface area (Å²) < 4.78 is 0. The van der Waals surface area contributed by atoms with Gasteiger partial charge in [0.05, 0.1) is 17.2 Å². The van der Waals surface area contributed by atoms with Crippen LogP contribution in [0.2, 0.25) is 0 Å². The normalized spacial score (nSPS) is 37.5. The first-order valence-electron chi connectivity index (χ1n) is 4.51. The first-order chi connectivity index (χ1) is 6.19. The van der Waals surface area contributed by atoms with E-state index in [9.17, 15) is 9.70 Å². The molecule has 1 aliphatic heterocycles. The van der Waals surface area contributed by atoms with Crippen molar-refractivity contribution in [2.75, 3.05) is 13.1 Å². The average molecular weight is 184 g/mol. The minimum Gasteiger partial charge on any atom is -0.481 e. The number of aliphatic carboxylic acids is 1. The highest BCUT2D eigenvalue weighted by Crippen LogP contribution is 2.48. The van der Waals surface area contributed by atoms with Gasteiger partial charge in [-0.05, 0) is 18.8 Å². The summed E-state index contributed by atoms with van der Waals surface area (Å²) in [5.74, 6) is -0.635. The summed E-state index contributed by atoms with van der Waals surface area (Å²) in [6, 6.07) is 0. The maximum Gasteiger partial charge on any atom is 0.311 e. The Bertz CT molecular complexity index is 256. The Kier molecular flexibility index (Phi) is 1.75. The van der Waals surface area contributed by atoms with Crippen molar-refractivity contribution in [1.82, 2.24) is 5.01 Å². The average Bonchev–Trinajstić information content (AvgIpc) is 2.58. The fourth-order valence-corrected chi connectivity index (χ4v) is 2.67. The van der Waals surface area contributed by atoms with E-state index in [-0.39, 0.29) is 5.92 Å². The summed E-state index contributed by atoms with van der Waals surface area (Å²) >= 11 is 0. The molecular weight excluding hydrogens is 172 g/mol. The van der Waals surface area contributed by atoms with Crippen LogP contribution < -0.4 is 0 Å². The molecule has 2 aliphatic rings. The lowest BCUT2D eigenvalue weighted by Crippen LogP contribution is -2.34. The highest BCUT2D eigenvalue weighted by Gasteiger charge is 2.55. The monoisotopic (exact) mass is 184 g/mol. The predicted octanol–water partition coefficient (Wildman–Crippen LogP) is 0.855. The number of fused-ring (bicyclic) bond motifs is 1. The van der Waals surface area contributed by atoms with Crippen molar-refractivity contribution >= 4 is 5.97 Å². The van der Waals surface area contributed by atoms with Crippen LogP contribution in [0.4, 0.5) is 0 Å². The summed E-state index contributed by atoms with van der Waals surface area (Å²) in [7, 11) is 0. The lowest BCUT2D eigenvalue weighted by atomic mass is 9.81. The van der Waals surface area contributed by atoms with Crippen molar-refractivity contribution in [2.24, 2.45) is 16.6 Å². The zero-order chi connectivity index (χ0) is 9.47. The molecule has 0 aromatic heterocycles. The summed E-state index contributed by atoms with van der Waals surface area (Å²) in [5.41, 5.74) is -0.673. The predicted molar refractivity (Wildman–Crippen MR) is 44.8 cm³/mol. The first-order valence-corrected chi connectivity index (χ1v) is 4.51. The summed E-state index contributed by atoms with van der Waals surface area (Å²) in [6.07, 6.45) is 2.57. The van der Waals surface area contributed by atoms with Crippen molar-refractivity contribution in [3.8, 4) is 0 Å². The Morgan fingerprint density at radius 3 is 2.92 bits per heavy atom. The van der Waals surface area contributed by atoms with Gasteiger partial charge in [0, 0.05) is 6.54 Å². The number of carbonyl (C=O) groups is 1. The first kappa shape index (κ1) is 8.47. The van der Waals surface area contributed by atoms with Gasteiger partial charge in [-0.3, -0.25) is 9.80 Å². The topological polar surface area (TPSA) is 70.0 Å². The number of hydrogen-bond acceptors (Lipinski definition) is 3. The van der Waals surface area contributed by atoms with E-state index in [1.165, 1.54) is 5.01 Å². The Hall–Kier alpha value is -1.13. The van der Waals surface area contributed by atoms with E-state index in [4.69, 9.17) is 5.11 Å². The number of nitroso groups, excluding NO2 is 1. The molecule has 2 rings (SSSR count). The van der Waals surface area contributed by atoms with E-state index in [1.807, 2.05) is 0 Å². The van der Waals surface area contributed by atoms with Gasteiger partial charge in [0.1, 0.15) is 0 Å². The Balaban J connectivity index is 2.24. The molecule has 1 aliphatic carbocycles. The molecule has 0 bridgehead atoms. The third-order valence-electron chi connectivity index (χ3n) is 3.39. The molecule has 1 saturated carbocycles. The lowest BCUT2D eigenvalue weighted by Gasteiger charge is -2.21. The van der Waals surface area contributed by atoms with Crippen LogP contribution in [0.3, 0.4) is 0 Å². The largest absolute Gasteiger partial charge is 0.481 e. The molecule has 5 heteroatoms. The van der Waals surface area contributed by atoms with E-state index < -0.39 is 11.4 Å². The Morgan fingerprint density at radius 1 is 1.62 bits per heavy atom. The van der Waals surface area contributed by atoms with E-state index in [1.54, 1.807) is 0 Å². The molecule has 1 N–H and O–H groups in total. The van der Waals surface area contributed by atoms with Crippen molar-refractivity contribution < 1.29 is 9.90 Å². The molecule has 1 heterocycles. The number of carboxylic acids is 1. The molecule has 0 amide bonds. The summed E-state index contributed by atoms with van der Waals surface area (Å²) in [6.45, 7) is 0.826. The zero-order valence-corrected chi connectivity index (χ0v) is 7.27. The number of carboxylic acid groups (broad SMARTS) is 1. The number of hydrogen-bond donors (Lipinski definition) is 1. The second-order valence-electron chi connectivity index (χ2n) is 3.98. The fourth-order valence-electron chi connectivity index (χ4n) is 2.67. The third kappa shape index (κ3) is 1.03. The molecule has 0 aromatic rings. The number of nitrogens with zero attached hydrogens (tertiary/aromatic N) is 2. The second kappa shape index (κ2) is 2.68. The van der Waals surface area contributed by atoms with E-state index >= 15 is 0 Å². The van der Waals surface area contributed by atoms with Gasteiger partial charge in [0.2, 0.25) is 0 Å². The molecule has 0 radical (unpaired) electrons. The highest BCUT2D eigenvalue weighted by molar-refractivity contribution is 5.76. The van der Waals surface area contributed by atoms with Crippen LogP contribution in [0.1, 0.15) is 19.3 Å².